The Hall–Kier alpha value is -4.54. The van der Waals surface area contributed by atoms with Gasteiger partial charge in [0.1, 0.15) is 0 Å². The fraction of sp³-hybridized carbons (Fsp3) is 0.179. The van der Waals surface area contributed by atoms with Gasteiger partial charge in [-0.25, -0.2) is 4.90 Å². The summed E-state index contributed by atoms with van der Waals surface area (Å²) in [6.45, 7) is 10.6. The smallest absolute Gasteiger partial charge is 0.266 e. The van der Waals surface area contributed by atoms with E-state index in [4.69, 9.17) is 0 Å². The van der Waals surface area contributed by atoms with Gasteiger partial charge in [-0.3, -0.25) is 9.59 Å². The minimum absolute atomic E-state index is 0.158. The third kappa shape index (κ3) is 3.53. The fourth-order valence-electron chi connectivity index (χ4n) is 7.26. The summed E-state index contributed by atoms with van der Waals surface area (Å²) in [5.74, 6) is -0.177. The van der Waals surface area contributed by atoms with Crippen LogP contribution in [0.15, 0.2) is 84.9 Å². The van der Waals surface area contributed by atoms with Gasteiger partial charge < -0.3 is 0 Å². The quantitative estimate of drug-likeness (QED) is 0.119. The SMILES string of the molecule is Cc1ccc(-c2ccc3c4ccc5c6c(ccc(c7cccc2c73)c64)C(=O)N(c2c(C(C)C)cccc2C(C)C)C5=O)s1. The van der Waals surface area contributed by atoms with E-state index in [1.165, 1.54) is 31.0 Å². The van der Waals surface area contributed by atoms with E-state index >= 15 is 0 Å². The van der Waals surface area contributed by atoms with E-state index in [-0.39, 0.29) is 23.7 Å². The monoisotopic (exact) mass is 577 g/mol. The van der Waals surface area contributed by atoms with E-state index in [2.05, 4.69) is 89.2 Å². The molecule has 2 amide bonds. The van der Waals surface area contributed by atoms with Gasteiger partial charge in [0.15, 0.2) is 0 Å². The largest absolute Gasteiger partial charge is 0.268 e. The Morgan fingerprint density at radius 2 is 1.05 bits per heavy atom. The number of hydrogen-bond donors (Lipinski definition) is 0. The predicted octanol–water partition coefficient (Wildman–Crippen LogP) is 10.8. The average Bonchev–Trinajstić information content (AvgIpc) is 3.44. The summed E-state index contributed by atoms with van der Waals surface area (Å²) >= 11 is 1.81. The molecular weight excluding hydrogens is 547 g/mol. The predicted molar refractivity (Wildman–Crippen MR) is 181 cm³/mol. The second kappa shape index (κ2) is 9.23. The zero-order valence-electron chi connectivity index (χ0n) is 24.9. The van der Waals surface area contributed by atoms with Crippen molar-refractivity contribution in [1.82, 2.24) is 0 Å². The molecule has 0 aliphatic carbocycles. The molecule has 4 heteroatoms. The topological polar surface area (TPSA) is 37.4 Å². The molecule has 0 fully saturated rings. The van der Waals surface area contributed by atoms with Crippen LogP contribution in [0.4, 0.5) is 5.69 Å². The Balaban J connectivity index is 1.43. The molecule has 0 spiro atoms. The molecule has 0 radical (unpaired) electrons. The molecule has 0 saturated heterocycles. The minimum Gasteiger partial charge on any atom is -0.268 e. The molecule has 1 aromatic heterocycles. The zero-order chi connectivity index (χ0) is 29.7. The summed E-state index contributed by atoms with van der Waals surface area (Å²) in [5, 5.41) is 8.67. The molecule has 1 aliphatic rings. The van der Waals surface area contributed by atoms with Gasteiger partial charge in [0, 0.05) is 26.3 Å². The first-order chi connectivity index (χ1) is 20.8. The van der Waals surface area contributed by atoms with Crippen molar-refractivity contribution in [3.8, 4) is 10.4 Å². The van der Waals surface area contributed by atoms with Crippen LogP contribution in [0.5, 0.6) is 0 Å². The van der Waals surface area contributed by atoms with Crippen LogP contribution in [-0.4, -0.2) is 11.8 Å². The Kier molecular flexibility index (Phi) is 5.60. The van der Waals surface area contributed by atoms with E-state index in [0.29, 0.717) is 11.1 Å². The molecule has 0 N–H and O–H groups in total. The Bertz CT molecular complexity index is 2210. The summed E-state index contributed by atoms with van der Waals surface area (Å²) in [5.41, 5.74) is 5.18. The van der Waals surface area contributed by atoms with Crippen molar-refractivity contribution in [2.45, 2.75) is 46.5 Å². The number of imide groups is 1. The van der Waals surface area contributed by atoms with Crippen LogP contribution in [0.2, 0.25) is 0 Å². The molecule has 8 rings (SSSR count). The summed E-state index contributed by atoms with van der Waals surface area (Å²) < 4.78 is 0. The van der Waals surface area contributed by atoms with Crippen LogP contribution in [0.1, 0.15) is 76.3 Å². The van der Waals surface area contributed by atoms with Gasteiger partial charge in [0.25, 0.3) is 11.8 Å². The first-order valence-corrected chi connectivity index (χ1v) is 15.8. The molecule has 0 unspecified atom stereocenters. The number of anilines is 1. The number of para-hydroxylation sites is 1. The van der Waals surface area contributed by atoms with E-state index in [9.17, 15) is 9.59 Å². The maximum absolute atomic E-state index is 14.4. The lowest BCUT2D eigenvalue weighted by atomic mass is 9.83. The van der Waals surface area contributed by atoms with Gasteiger partial charge in [0.2, 0.25) is 0 Å². The number of fused-ring (bicyclic) bond motifs is 2. The van der Waals surface area contributed by atoms with Crippen molar-refractivity contribution in [3.63, 3.8) is 0 Å². The van der Waals surface area contributed by atoms with Crippen LogP contribution >= 0.6 is 11.3 Å². The van der Waals surface area contributed by atoms with Gasteiger partial charge in [-0.05, 0) is 97.4 Å². The van der Waals surface area contributed by atoms with Crippen LogP contribution in [0, 0.1) is 6.92 Å². The number of benzene rings is 6. The van der Waals surface area contributed by atoms with Crippen LogP contribution < -0.4 is 4.90 Å². The lowest BCUT2D eigenvalue weighted by Crippen LogP contribution is -2.41. The third-order valence-corrected chi connectivity index (χ3v) is 10.3. The third-order valence-electron chi connectivity index (χ3n) is 9.22. The number of thiophene rings is 1. The summed E-state index contributed by atoms with van der Waals surface area (Å²) in [6, 6.07) is 29.5. The normalized spacial score (nSPS) is 13.7. The number of carbonyl (C=O) groups excluding carboxylic acids is 2. The molecular formula is C39H31NO2S. The molecule has 3 nitrogen and oxygen atoms in total. The van der Waals surface area contributed by atoms with Gasteiger partial charge in [-0.2, -0.15) is 0 Å². The average molecular weight is 578 g/mol. The highest BCUT2D eigenvalue weighted by molar-refractivity contribution is 7.15. The molecule has 0 saturated carbocycles. The molecule has 0 bridgehead atoms. The lowest BCUT2D eigenvalue weighted by Gasteiger charge is -2.32. The van der Waals surface area contributed by atoms with Crippen molar-refractivity contribution < 1.29 is 9.59 Å². The minimum atomic E-state index is -0.247. The van der Waals surface area contributed by atoms with E-state index in [0.717, 1.165) is 49.1 Å². The number of amides is 2. The summed E-state index contributed by atoms with van der Waals surface area (Å²) in [6.07, 6.45) is 0. The maximum Gasteiger partial charge on any atom is 0.266 e. The number of hydrogen-bond acceptors (Lipinski definition) is 3. The first kappa shape index (κ1) is 26.1. The molecule has 0 atom stereocenters. The number of aryl methyl sites for hydroxylation is 1. The maximum atomic E-state index is 14.4. The van der Waals surface area contributed by atoms with Crippen LogP contribution in [-0.2, 0) is 0 Å². The fourth-order valence-corrected chi connectivity index (χ4v) is 8.16. The van der Waals surface area contributed by atoms with Crippen LogP contribution in [0.25, 0.3) is 53.5 Å². The number of carbonyl (C=O) groups is 2. The Labute approximate surface area is 254 Å². The number of rotatable bonds is 4. The molecule has 2 heterocycles. The molecule has 1 aliphatic heterocycles. The van der Waals surface area contributed by atoms with Gasteiger partial charge >= 0.3 is 0 Å². The van der Waals surface area contributed by atoms with Crippen molar-refractivity contribution in [2.24, 2.45) is 0 Å². The second-order valence-electron chi connectivity index (χ2n) is 12.4. The van der Waals surface area contributed by atoms with Gasteiger partial charge in [-0.15, -0.1) is 11.3 Å². The highest BCUT2D eigenvalue weighted by atomic mass is 32.1. The van der Waals surface area contributed by atoms with Gasteiger partial charge in [0.05, 0.1) is 5.69 Å². The van der Waals surface area contributed by atoms with Crippen molar-refractivity contribution in [1.29, 1.82) is 0 Å². The van der Waals surface area contributed by atoms with E-state index in [1.54, 1.807) is 0 Å². The Morgan fingerprint density at radius 1 is 0.535 bits per heavy atom. The van der Waals surface area contributed by atoms with Crippen LogP contribution in [0.3, 0.4) is 0 Å². The van der Waals surface area contributed by atoms with Gasteiger partial charge in [-0.1, -0.05) is 88.4 Å². The molecule has 210 valence electrons. The summed E-state index contributed by atoms with van der Waals surface area (Å²) in [7, 11) is 0. The van der Waals surface area contributed by atoms with E-state index in [1.807, 2.05) is 41.7 Å². The van der Waals surface area contributed by atoms with E-state index < -0.39 is 0 Å². The highest BCUT2D eigenvalue weighted by Gasteiger charge is 2.38. The lowest BCUT2D eigenvalue weighted by molar-refractivity contribution is 0.0893. The summed E-state index contributed by atoms with van der Waals surface area (Å²) in [4.78, 5) is 32.9. The van der Waals surface area contributed by atoms with Crippen molar-refractivity contribution in [3.05, 3.63) is 112 Å². The number of nitrogens with zero attached hydrogens (tertiary/aromatic N) is 1. The second-order valence-corrected chi connectivity index (χ2v) is 13.7. The molecule has 6 aromatic carbocycles. The molecule has 43 heavy (non-hydrogen) atoms. The zero-order valence-corrected chi connectivity index (χ0v) is 25.7. The first-order valence-electron chi connectivity index (χ1n) is 15.0. The standard InChI is InChI=1S/C39H31NO2S/c1-20(2)23-8-6-9-24(21(3)4)37(23)40-38(41)31-17-15-29-27-11-7-10-26-25(33-19-12-22(5)43-33)13-14-28(34(26)27)30-16-18-32(39(40)42)36(31)35(29)30/h6-21H,1-5H3. The Morgan fingerprint density at radius 3 is 1.60 bits per heavy atom. The van der Waals surface area contributed by atoms with Crippen molar-refractivity contribution >= 4 is 71.9 Å². The van der Waals surface area contributed by atoms with Crippen molar-refractivity contribution in [2.75, 3.05) is 4.90 Å². The molecule has 7 aromatic rings. The highest BCUT2D eigenvalue weighted by Crippen LogP contribution is 2.47.